The summed E-state index contributed by atoms with van der Waals surface area (Å²) in [4.78, 5) is 10.6. The van der Waals surface area contributed by atoms with Gasteiger partial charge in [0.15, 0.2) is 0 Å². The van der Waals surface area contributed by atoms with Gasteiger partial charge in [-0.25, -0.2) is 9.97 Å². The zero-order valence-electron chi connectivity index (χ0n) is 14.1. The summed E-state index contributed by atoms with van der Waals surface area (Å²) < 4.78 is 5.51. The molecule has 7 nitrogen and oxygen atoms in total. The van der Waals surface area contributed by atoms with Crippen molar-refractivity contribution in [2.24, 2.45) is 0 Å². The molecule has 0 amide bonds. The van der Waals surface area contributed by atoms with Crippen LogP contribution in [-0.4, -0.2) is 45.9 Å². The zero-order valence-corrected chi connectivity index (χ0v) is 14.1. The molecule has 2 unspecified atom stereocenters. The van der Waals surface area contributed by atoms with E-state index >= 15 is 0 Å². The second-order valence-electron chi connectivity index (χ2n) is 6.47. The van der Waals surface area contributed by atoms with E-state index in [0.717, 1.165) is 31.0 Å². The van der Waals surface area contributed by atoms with Crippen LogP contribution in [0.3, 0.4) is 0 Å². The van der Waals surface area contributed by atoms with E-state index in [0.29, 0.717) is 11.6 Å². The molecular weight excluding hydrogens is 308 g/mol. The van der Waals surface area contributed by atoms with Gasteiger partial charge in [-0.1, -0.05) is 0 Å². The van der Waals surface area contributed by atoms with Crippen LogP contribution >= 0.6 is 0 Å². The van der Waals surface area contributed by atoms with Crippen molar-refractivity contribution in [1.82, 2.24) is 9.97 Å². The van der Waals surface area contributed by atoms with Gasteiger partial charge in [0.05, 0.1) is 19.2 Å². The van der Waals surface area contributed by atoms with Gasteiger partial charge in [0.2, 0.25) is 0 Å². The van der Waals surface area contributed by atoms with E-state index < -0.39 is 5.60 Å². The van der Waals surface area contributed by atoms with Crippen molar-refractivity contribution >= 4 is 11.6 Å². The maximum Gasteiger partial charge on any atom is 0.137 e. The van der Waals surface area contributed by atoms with E-state index in [-0.39, 0.29) is 19.2 Å². The molecule has 1 fully saturated rings. The van der Waals surface area contributed by atoms with Crippen LogP contribution in [0.2, 0.25) is 0 Å². The summed E-state index contributed by atoms with van der Waals surface area (Å²) in [6.07, 6.45) is 3.51. The highest BCUT2D eigenvalue weighted by atomic mass is 16.4. The molecule has 2 atom stereocenters. The van der Waals surface area contributed by atoms with Gasteiger partial charge in [0.25, 0.3) is 0 Å². The molecule has 2 aromatic rings. The largest absolute Gasteiger partial charge is 0.463 e. The molecule has 0 spiro atoms. The predicted octanol–water partition coefficient (Wildman–Crippen LogP) is 1.66. The van der Waals surface area contributed by atoms with E-state index in [2.05, 4.69) is 20.2 Å². The summed E-state index contributed by atoms with van der Waals surface area (Å²) in [5.41, 5.74) is -1.14. The Hall–Kier alpha value is -2.12. The SMILES string of the molecule is Cc1ccc(C(C)(O)CNc2cc(N3CCCC3CO)ncn2)o1. The van der Waals surface area contributed by atoms with E-state index in [4.69, 9.17) is 4.42 Å². The Labute approximate surface area is 141 Å². The van der Waals surface area contributed by atoms with Crippen LogP contribution in [0.25, 0.3) is 0 Å². The van der Waals surface area contributed by atoms with Crippen LogP contribution in [0.5, 0.6) is 0 Å². The molecule has 7 heteroatoms. The summed E-state index contributed by atoms with van der Waals surface area (Å²) in [6.45, 7) is 4.81. The molecule has 2 aromatic heterocycles. The van der Waals surface area contributed by atoms with Crippen molar-refractivity contribution in [3.05, 3.63) is 36.0 Å². The third-order valence-corrected chi connectivity index (χ3v) is 4.42. The minimum atomic E-state index is -1.14. The lowest BCUT2D eigenvalue weighted by molar-refractivity contribution is 0.0467. The van der Waals surface area contributed by atoms with Gasteiger partial charge in [0.1, 0.15) is 35.1 Å². The predicted molar refractivity (Wildman–Crippen MR) is 91.0 cm³/mol. The number of aryl methyl sites for hydroxylation is 1. The molecular formula is C17H24N4O3. The maximum atomic E-state index is 10.6. The van der Waals surface area contributed by atoms with Gasteiger partial charge in [0, 0.05) is 12.6 Å². The highest BCUT2D eigenvalue weighted by Crippen LogP contribution is 2.26. The Balaban J connectivity index is 1.68. The van der Waals surface area contributed by atoms with E-state index in [1.807, 2.05) is 19.1 Å². The van der Waals surface area contributed by atoms with Crippen molar-refractivity contribution in [3.63, 3.8) is 0 Å². The Morgan fingerprint density at radius 1 is 1.42 bits per heavy atom. The number of hydrogen-bond acceptors (Lipinski definition) is 7. The number of aliphatic hydroxyl groups is 2. The molecule has 3 heterocycles. The lowest BCUT2D eigenvalue weighted by Gasteiger charge is -2.25. The fraction of sp³-hybridized carbons (Fsp3) is 0.529. The van der Waals surface area contributed by atoms with Crippen LogP contribution in [0.4, 0.5) is 11.6 Å². The minimum Gasteiger partial charge on any atom is -0.463 e. The van der Waals surface area contributed by atoms with Gasteiger partial charge >= 0.3 is 0 Å². The van der Waals surface area contributed by atoms with Crippen molar-refractivity contribution in [1.29, 1.82) is 0 Å². The first kappa shape index (κ1) is 16.7. The molecule has 130 valence electrons. The van der Waals surface area contributed by atoms with E-state index in [9.17, 15) is 10.2 Å². The number of hydrogen-bond donors (Lipinski definition) is 3. The Morgan fingerprint density at radius 2 is 2.25 bits per heavy atom. The van der Waals surface area contributed by atoms with Crippen LogP contribution in [0.1, 0.15) is 31.3 Å². The number of rotatable bonds is 6. The number of anilines is 2. The molecule has 0 saturated carbocycles. The maximum absolute atomic E-state index is 10.6. The topological polar surface area (TPSA) is 94.7 Å². The highest BCUT2D eigenvalue weighted by Gasteiger charge is 2.28. The molecule has 1 aliphatic heterocycles. The van der Waals surface area contributed by atoms with Crippen LogP contribution in [0, 0.1) is 6.92 Å². The van der Waals surface area contributed by atoms with Gasteiger partial charge in [-0.2, -0.15) is 0 Å². The number of nitrogens with one attached hydrogen (secondary N) is 1. The van der Waals surface area contributed by atoms with Gasteiger partial charge in [-0.05, 0) is 38.8 Å². The average molecular weight is 332 g/mol. The molecule has 3 rings (SSSR count). The summed E-state index contributed by atoms with van der Waals surface area (Å²) in [5.74, 6) is 2.70. The quantitative estimate of drug-likeness (QED) is 0.740. The minimum absolute atomic E-state index is 0.113. The second-order valence-corrected chi connectivity index (χ2v) is 6.47. The smallest absolute Gasteiger partial charge is 0.137 e. The first-order valence-electron chi connectivity index (χ1n) is 8.22. The Kier molecular flexibility index (Phi) is 4.73. The van der Waals surface area contributed by atoms with Crippen LogP contribution < -0.4 is 10.2 Å². The third kappa shape index (κ3) is 3.52. The number of nitrogens with zero attached hydrogens (tertiary/aromatic N) is 3. The van der Waals surface area contributed by atoms with Crippen molar-refractivity contribution < 1.29 is 14.6 Å². The lowest BCUT2D eigenvalue weighted by Crippen LogP contribution is -2.33. The third-order valence-electron chi connectivity index (χ3n) is 4.42. The molecule has 0 radical (unpaired) electrons. The number of aliphatic hydroxyl groups excluding tert-OH is 1. The average Bonchev–Trinajstić information content (AvgIpc) is 3.22. The van der Waals surface area contributed by atoms with Crippen LogP contribution in [-0.2, 0) is 5.60 Å². The molecule has 1 aliphatic rings. The van der Waals surface area contributed by atoms with Crippen molar-refractivity contribution in [2.45, 2.75) is 38.3 Å². The van der Waals surface area contributed by atoms with Gasteiger partial charge < -0.3 is 24.8 Å². The second kappa shape index (κ2) is 6.78. The summed E-state index contributed by atoms with van der Waals surface area (Å²) >= 11 is 0. The monoisotopic (exact) mass is 332 g/mol. The number of furan rings is 1. The van der Waals surface area contributed by atoms with Crippen molar-refractivity contribution in [3.8, 4) is 0 Å². The summed E-state index contributed by atoms with van der Waals surface area (Å²) in [5, 5.41) is 23.2. The number of aromatic nitrogens is 2. The Morgan fingerprint density at radius 3 is 2.96 bits per heavy atom. The molecule has 3 N–H and O–H groups in total. The zero-order chi connectivity index (χ0) is 17.2. The summed E-state index contributed by atoms with van der Waals surface area (Å²) in [6, 6.07) is 5.56. The standard InChI is InChI=1S/C17H24N4O3/c1-12-5-6-14(24-12)17(2,23)10-18-15-8-16(20-11-19-15)21-7-3-4-13(21)9-22/h5-6,8,11,13,22-23H,3-4,7,9-10H2,1-2H3,(H,18,19,20). The van der Waals surface area contributed by atoms with Gasteiger partial charge in [-0.15, -0.1) is 0 Å². The first-order chi connectivity index (χ1) is 11.5. The fourth-order valence-electron chi connectivity index (χ4n) is 3.00. The normalized spacial score (nSPS) is 20.2. The van der Waals surface area contributed by atoms with Crippen LogP contribution in [0.15, 0.2) is 28.9 Å². The summed E-state index contributed by atoms with van der Waals surface area (Å²) in [7, 11) is 0. The lowest BCUT2D eigenvalue weighted by atomic mass is 10.0. The first-order valence-corrected chi connectivity index (χ1v) is 8.22. The van der Waals surface area contributed by atoms with E-state index in [1.165, 1.54) is 6.33 Å². The molecule has 0 bridgehead atoms. The van der Waals surface area contributed by atoms with Crippen molar-refractivity contribution in [2.75, 3.05) is 29.9 Å². The van der Waals surface area contributed by atoms with Gasteiger partial charge in [-0.3, -0.25) is 0 Å². The fourth-order valence-corrected chi connectivity index (χ4v) is 3.00. The van der Waals surface area contributed by atoms with E-state index in [1.54, 1.807) is 13.0 Å². The molecule has 1 saturated heterocycles. The molecule has 24 heavy (non-hydrogen) atoms. The molecule has 0 aromatic carbocycles. The highest BCUT2D eigenvalue weighted by molar-refractivity contribution is 5.50. The molecule has 0 aliphatic carbocycles. The Bertz CT molecular complexity index is 686.